The van der Waals surface area contributed by atoms with Crippen molar-refractivity contribution in [2.75, 3.05) is 147 Å². The number of hydrogen-bond donors (Lipinski definition) is 0. The van der Waals surface area contributed by atoms with Crippen LogP contribution in [0.3, 0.4) is 0 Å². The monoisotopic (exact) mass is 931 g/mol. The van der Waals surface area contributed by atoms with Gasteiger partial charge >= 0.3 is 0 Å². The summed E-state index contributed by atoms with van der Waals surface area (Å²) in [6.07, 6.45) is 28.3. The van der Waals surface area contributed by atoms with Gasteiger partial charge in [-0.2, -0.15) is 10.5 Å². The van der Waals surface area contributed by atoms with Gasteiger partial charge in [-0.05, 0) is 136 Å². The maximum Gasteiger partial charge on any atom is 0.0998 e. The lowest BCUT2D eigenvalue weighted by molar-refractivity contribution is -0.870. The molecule has 0 atom stereocenters. The van der Waals surface area contributed by atoms with Crippen molar-refractivity contribution in [2.45, 2.75) is 103 Å². The molecule has 0 aromatic heterocycles. The number of rotatable bonds is 34. The topological polar surface area (TPSA) is 54.1 Å². The van der Waals surface area contributed by atoms with Gasteiger partial charge in [0.1, 0.15) is 0 Å². The van der Waals surface area contributed by atoms with Crippen LogP contribution >= 0.6 is 0 Å². The van der Waals surface area contributed by atoms with Crippen molar-refractivity contribution in [2.24, 2.45) is 0 Å². The van der Waals surface area contributed by atoms with Crippen molar-refractivity contribution in [3.8, 4) is 12.1 Å². The largest absolute Gasteiger partial charge is 0.372 e. The number of unbranched alkanes of at least 4 members (excludes halogenated alkanes) is 12. The highest BCUT2D eigenvalue weighted by Gasteiger charge is 2.13. The molecule has 0 amide bonds. The molecule has 0 saturated heterocycles. The van der Waals surface area contributed by atoms with Gasteiger partial charge in [0.05, 0.1) is 134 Å². The normalized spacial score (nSPS) is 12.5. The molecule has 0 aliphatic rings. The zero-order valence-electron chi connectivity index (χ0n) is 45.6. The summed E-state index contributed by atoms with van der Waals surface area (Å²) in [5.41, 5.74) is 7.35. The second-order valence-corrected chi connectivity index (χ2v) is 23.8. The van der Waals surface area contributed by atoms with E-state index in [1.807, 2.05) is 24.3 Å². The van der Waals surface area contributed by atoms with Crippen molar-refractivity contribution < 1.29 is 17.9 Å². The number of benzene rings is 3. The second kappa shape index (κ2) is 29.6. The summed E-state index contributed by atoms with van der Waals surface area (Å²) in [7, 11) is 27.4. The van der Waals surface area contributed by atoms with E-state index in [1.54, 1.807) is 0 Å². The summed E-state index contributed by atoms with van der Waals surface area (Å²) in [6, 6.07) is 26.3. The first kappa shape index (κ1) is 57.9. The highest BCUT2D eigenvalue weighted by Crippen LogP contribution is 2.25. The maximum absolute atomic E-state index is 10.2. The van der Waals surface area contributed by atoms with Gasteiger partial charge in [0.2, 0.25) is 0 Å². The Bertz CT molecular complexity index is 1810. The second-order valence-electron chi connectivity index (χ2n) is 23.8. The molecule has 374 valence electrons. The highest BCUT2D eigenvalue weighted by atomic mass is 15.3. The Kier molecular flexibility index (Phi) is 25.2. The number of hydrogen-bond acceptors (Lipinski definition) is 4. The lowest BCUT2D eigenvalue weighted by Gasteiger charge is -2.26. The lowest BCUT2D eigenvalue weighted by Crippen LogP contribution is -2.35. The lowest BCUT2D eigenvalue weighted by atomic mass is 9.97. The third-order valence-electron chi connectivity index (χ3n) is 12.9. The fourth-order valence-electron chi connectivity index (χ4n) is 8.78. The zero-order valence-corrected chi connectivity index (χ0v) is 45.6. The van der Waals surface area contributed by atoms with Gasteiger partial charge in [-0.15, -0.1) is 0 Å². The van der Waals surface area contributed by atoms with Gasteiger partial charge in [-0.25, -0.2) is 0 Å². The summed E-state index contributed by atoms with van der Waals surface area (Å²) in [4.78, 5) is 5.17. The van der Waals surface area contributed by atoms with Crippen LogP contribution in [0.25, 0.3) is 24.3 Å². The van der Waals surface area contributed by atoms with E-state index in [-0.39, 0.29) is 0 Å². The predicted molar refractivity (Wildman–Crippen MR) is 297 cm³/mol. The molecule has 0 aliphatic carbocycles. The van der Waals surface area contributed by atoms with E-state index in [0.29, 0.717) is 11.1 Å². The van der Waals surface area contributed by atoms with Crippen LogP contribution in [0.15, 0.2) is 60.7 Å². The Morgan fingerprint density at radius 3 is 0.838 bits per heavy atom. The quantitative estimate of drug-likeness (QED) is 0.0340. The maximum atomic E-state index is 10.2. The molecule has 3 rings (SSSR count). The summed E-state index contributed by atoms with van der Waals surface area (Å²) in [5, 5.41) is 20.5. The van der Waals surface area contributed by atoms with Crippen LogP contribution in [-0.4, -0.2) is 155 Å². The van der Waals surface area contributed by atoms with Crippen LogP contribution in [0.4, 0.5) is 11.4 Å². The molecule has 0 fully saturated rings. The van der Waals surface area contributed by atoms with Crippen LogP contribution < -0.4 is 9.80 Å². The first-order chi connectivity index (χ1) is 32.1. The standard InChI is InChI=1S/C60H98N8/c1-65(2,3)45-25-17-13-21-41-63(42-22-14-18-26-46-66(4,5)6)59-37-31-53(32-38-59)29-35-55-49-58(52-62)56(50-57(55)51-61)36-30-54-33-39-60(40-34-54)64(43-23-15-19-27-47-67(7,8)9)44-24-16-20-28-48-68(10,11)12/h29-40,49-50H,13-28,41-48H2,1-12H3/q+4/b35-29+,36-30+. The first-order valence-corrected chi connectivity index (χ1v) is 26.4. The Balaban J connectivity index is 1.68. The number of quaternary nitrogens is 4. The van der Waals surface area contributed by atoms with E-state index < -0.39 is 0 Å². The summed E-state index contributed by atoms with van der Waals surface area (Å²) in [5.74, 6) is 0. The van der Waals surface area contributed by atoms with Crippen molar-refractivity contribution in [3.05, 3.63) is 94.0 Å². The highest BCUT2D eigenvalue weighted by molar-refractivity contribution is 5.79. The summed E-state index contributed by atoms with van der Waals surface area (Å²) in [6.45, 7) is 9.25. The number of nitriles is 2. The van der Waals surface area contributed by atoms with Gasteiger partial charge in [0.15, 0.2) is 0 Å². The fourth-order valence-corrected chi connectivity index (χ4v) is 8.78. The third-order valence-corrected chi connectivity index (χ3v) is 12.9. The summed E-state index contributed by atoms with van der Waals surface area (Å²) >= 11 is 0. The average Bonchev–Trinajstić information content (AvgIpc) is 3.26. The van der Waals surface area contributed by atoms with E-state index in [2.05, 4.69) is 167 Å². The van der Waals surface area contributed by atoms with Crippen molar-refractivity contribution >= 4 is 35.7 Å². The zero-order chi connectivity index (χ0) is 50.1. The van der Waals surface area contributed by atoms with Crippen molar-refractivity contribution in [1.29, 1.82) is 10.5 Å². The molecule has 0 N–H and O–H groups in total. The molecule has 8 nitrogen and oxygen atoms in total. The van der Waals surface area contributed by atoms with Gasteiger partial charge in [0.25, 0.3) is 0 Å². The minimum atomic E-state index is 0.562. The molecule has 68 heavy (non-hydrogen) atoms. The first-order valence-electron chi connectivity index (χ1n) is 26.4. The molecule has 0 bridgehead atoms. The predicted octanol–water partition coefficient (Wildman–Crippen LogP) is 12.4. The van der Waals surface area contributed by atoms with Gasteiger partial charge in [0, 0.05) is 37.6 Å². The fraction of sp³-hybridized carbons (Fsp3) is 0.600. The number of anilines is 2. The molecule has 0 aliphatic heterocycles. The smallest absolute Gasteiger partial charge is 0.0998 e. The Morgan fingerprint density at radius 2 is 0.603 bits per heavy atom. The van der Waals surface area contributed by atoms with E-state index in [1.165, 1.54) is 140 Å². The molecule has 0 unspecified atom stereocenters. The molecule has 0 heterocycles. The Labute approximate surface area is 418 Å². The minimum Gasteiger partial charge on any atom is -0.372 e. The molecule has 8 heteroatoms. The Hall–Kier alpha value is -4.44. The molecular formula is C60H98N8+4. The van der Waals surface area contributed by atoms with E-state index in [4.69, 9.17) is 0 Å². The van der Waals surface area contributed by atoms with Gasteiger partial charge in [-0.3, -0.25) is 0 Å². The van der Waals surface area contributed by atoms with E-state index in [0.717, 1.165) is 66.4 Å². The van der Waals surface area contributed by atoms with E-state index in [9.17, 15) is 10.5 Å². The SMILES string of the molecule is C[N+](C)(C)CCCCCCN(CCCCCC[N+](C)(C)C)c1ccc(/C=C/c2cc(C#N)c(/C=C/c3ccc(N(CCCCCC[N+](C)(C)C)CCCCCC[N+](C)(C)C)cc3)cc2C#N)cc1. The van der Waals surface area contributed by atoms with Crippen LogP contribution in [-0.2, 0) is 0 Å². The van der Waals surface area contributed by atoms with Gasteiger partial charge in [-0.1, -0.05) is 74.3 Å². The summed E-state index contributed by atoms with van der Waals surface area (Å²) < 4.78 is 4.14. The van der Waals surface area contributed by atoms with Crippen LogP contribution in [0.5, 0.6) is 0 Å². The average molecular weight is 931 g/mol. The number of nitrogens with zero attached hydrogens (tertiary/aromatic N) is 8. The Morgan fingerprint density at radius 1 is 0.353 bits per heavy atom. The van der Waals surface area contributed by atoms with Crippen molar-refractivity contribution in [1.82, 2.24) is 0 Å². The van der Waals surface area contributed by atoms with Crippen LogP contribution in [0.1, 0.15) is 136 Å². The van der Waals surface area contributed by atoms with Gasteiger partial charge < -0.3 is 27.7 Å². The van der Waals surface area contributed by atoms with E-state index >= 15 is 0 Å². The molecule has 3 aromatic rings. The minimum absolute atomic E-state index is 0.562. The molecular weight excluding hydrogens is 833 g/mol. The van der Waals surface area contributed by atoms with Crippen LogP contribution in [0, 0.1) is 22.7 Å². The molecule has 0 spiro atoms. The van der Waals surface area contributed by atoms with Crippen molar-refractivity contribution in [3.63, 3.8) is 0 Å². The molecule has 0 saturated carbocycles. The van der Waals surface area contributed by atoms with Crippen LogP contribution in [0.2, 0.25) is 0 Å². The third kappa shape index (κ3) is 25.8. The molecule has 3 aromatic carbocycles. The molecule has 0 radical (unpaired) electrons.